The highest BCUT2D eigenvalue weighted by atomic mass is 79.9. The van der Waals surface area contributed by atoms with E-state index in [4.69, 9.17) is 0 Å². The number of benzene rings is 1. The van der Waals surface area contributed by atoms with Crippen molar-refractivity contribution in [3.05, 3.63) is 34.1 Å². The minimum absolute atomic E-state index is 0.383. The zero-order chi connectivity index (χ0) is 18.8. The number of aliphatic hydroxyl groups is 1. The smallest absolute Gasteiger partial charge is 0.182 e. The zero-order valence-corrected chi connectivity index (χ0v) is 17.2. The van der Waals surface area contributed by atoms with Crippen molar-refractivity contribution >= 4 is 27.1 Å². The van der Waals surface area contributed by atoms with Gasteiger partial charge >= 0.3 is 0 Å². The van der Waals surface area contributed by atoms with Crippen molar-refractivity contribution < 1.29 is 5.11 Å². The molecule has 0 saturated carbocycles. The number of nitrogens with zero attached hydrogens (tertiary/aromatic N) is 5. The number of hydrogen-bond acceptors (Lipinski definition) is 5. The topological polar surface area (TPSA) is 76.7 Å². The number of fused-ring (bicyclic) bond motifs is 1. The molecule has 0 aliphatic rings. The summed E-state index contributed by atoms with van der Waals surface area (Å²) in [6.45, 7) is 8.63. The molecule has 0 aliphatic carbocycles. The SMILES string of the molecule is CCCC(O)Cn1nnc2c(-c3ccc(C(C)C)cc3Br)nc(C)nc21. The molecule has 0 fully saturated rings. The fourth-order valence-corrected chi connectivity index (χ4v) is 3.57. The monoisotopic (exact) mass is 417 g/mol. The second-order valence-corrected chi connectivity index (χ2v) is 7.75. The standard InChI is InChI=1S/C19H24BrN5O/c1-5-6-14(26)10-25-19-18(23-24-25)17(21-12(4)22-19)15-8-7-13(11(2)3)9-16(15)20/h7-9,11,14,26H,5-6,10H2,1-4H3. The lowest BCUT2D eigenvalue weighted by molar-refractivity contribution is 0.139. The van der Waals surface area contributed by atoms with E-state index in [-0.39, 0.29) is 0 Å². The highest BCUT2D eigenvalue weighted by Crippen LogP contribution is 2.33. The Labute approximate surface area is 161 Å². The zero-order valence-electron chi connectivity index (χ0n) is 15.6. The van der Waals surface area contributed by atoms with Crippen LogP contribution in [0.2, 0.25) is 0 Å². The Kier molecular flexibility index (Phi) is 5.67. The van der Waals surface area contributed by atoms with E-state index in [0.717, 1.165) is 28.6 Å². The molecule has 138 valence electrons. The van der Waals surface area contributed by atoms with Gasteiger partial charge in [0.25, 0.3) is 0 Å². The average Bonchev–Trinajstić information content (AvgIpc) is 2.97. The van der Waals surface area contributed by atoms with Crippen LogP contribution in [0.5, 0.6) is 0 Å². The minimum Gasteiger partial charge on any atom is -0.391 e. The van der Waals surface area contributed by atoms with Crippen LogP contribution < -0.4 is 0 Å². The number of hydrogen-bond donors (Lipinski definition) is 1. The van der Waals surface area contributed by atoms with Crippen LogP contribution in [-0.2, 0) is 6.54 Å². The van der Waals surface area contributed by atoms with Crippen molar-refractivity contribution in [2.45, 2.75) is 59.1 Å². The van der Waals surface area contributed by atoms with E-state index in [1.807, 2.05) is 13.8 Å². The van der Waals surface area contributed by atoms with E-state index in [1.54, 1.807) is 4.68 Å². The second-order valence-electron chi connectivity index (χ2n) is 6.90. The molecule has 6 nitrogen and oxygen atoms in total. The molecule has 0 radical (unpaired) electrons. The Bertz CT molecular complexity index is 922. The van der Waals surface area contributed by atoms with Crippen molar-refractivity contribution in [2.75, 3.05) is 0 Å². The molecule has 1 N–H and O–H groups in total. The van der Waals surface area contributed by atoms with Gasteiger partial charge in [0.1, 0.15) is 11.5 Å². The first-order valence-corrected chi connectivity index (χ1v) is 9.75. The van der Waals surface area contributed by atoms with Crippen molar-refractivity contribution in [1.29, 1.82) is 0 Å². The second kappa shape index (κ2) is 7.80. The number of rotatable bonds is 6. The van der Waals surface area contributed by atoms with E-state index in [9.17, 15) is 5.11 Å². The first-order valence-electron chi connectivity index (χ1n) is 8.96. The molecule has 1 aromatic carbocycles. The number of aliphatic hydroxyl groups excluding tert-OH is 1. The maximum atomic E-state index is 10.1. The lowest BCUT2D eigenvalue weighted by Gasteiger charge is -2.11. The summed E-state index contributed by atoms with van der Waals surface area (Å²) < 4.78 is 2.65. The lowest BCUT2D eigenvalue weighted by Crippen LogP contribution is -2.17. The molecule has 0 aliphatic heterocycles. The van der Waals surface area contributed by atoms with Gasteiger partial charge in [0.2, 0.25) is 0 Å². The molecule has 3 aromatic rings. The third-order valence-electron chi connectivity index (χ3n) is 4.40. The minimum atomic E-state index is -0.458. The molecule has 2 aromatic heterocycles. The first-order chi connectivity index (χ1) is 12.4. The molecular formula is C19H24BrN5O. The summed E-state index contributed by atoms with van der Waals surface area (Å²) in [5.41, 5.74) is 4.28. The van der Waals surface area contributed by atoms with Crippen LogP contribution in [0.1, 0.15) is 50.9 Å². The van der Waals surface area contributed by atoms with Gasteiger partial charge in [0.15, 0.2) is 11.2 Å². The molecule has 1 atom stereocenters. The average molecular weight is 418 g/mol. The molecule has 7 heteroatoms. The van der Waals surface area contributed by atoms with Crippen LogP contribution in [0.3, 0.4) is 0 Å². The summed E-state index contributed by atoms with van der Waals surface area (Å²) in [4.78, 5) is 9.13. The molecule has 2 heterocycles. The van der Waals surface area contributed by atoms with Gasteiger partial charge < -0.3 is 5.11 Å². The Morgan fingerprint density at radius 1 is 1.23 bits per heavy atom. The van der Waals surface area contributed by atoms with Crippen molar-refractivity contribution in [2.24, 2.45) is 0 Å². The van der Waals surface area contributed by atoms with E-state index in [0.29, 0.717) is 29.5 Å². The van der Waals surface area contributed by atoms with Gasteiger partial charge in [0.05, 0.1) is 12.6 Å². The fourth-order valence-electron chi connectivity index (χ4n) is 2.98. The Morgan fingerprint density at radius 3 is 2.65 bits per heavy atom. The predicted molar refractivity (Wildman–Crippen MR) is 106 cm³/mol. The van der Waals surface area contributed by atoms with Gasteiger partial charge in [-0.3, -0.25) is 0 Å². The van der Waals surface area contributed by atoms with Crippen LogP contribution >= 0.6 is 15.9 Å². The van der Waals surface area contributed by atoms with E-state index < -0.39 is 6.10 Å². The normalized spacial score (nSPS) is 12.9. The molecule has 0 bridgehead atoms. The Balaban J connectivity index is 2.09. The molecular weight excluding hydrogens is 394 g/mol. The molecule has 0 amide bonds. The third kappa shape index (κ3) is 3.78. The molecule has 26 heavy (non-hydrogen) atoms. The van der Waals surface area contributed by atoms with Crippen LogP contribution in [0.15, 0.2) is 22.7 Å². The first kappa shape index (κ1) is 18.9. The maximum absolute atomic E-state index is 10.1. The molecule has 1 unspecified atom stereocenters. The van der Waals surface area contributed by atoms with Crippen LogP contribution in [0, 0.1) is 6.92 Å². The molecule has 3 rings (SSSR count). The highest BCUT2D eigenvalue weighted by Gasteiger charge is 2.18. The Morgan fingerprint density at radius 2 is 2.00 bits per heavy atom. The maximum Gasteiger partial charge on any atom is 0.182 e. The summed E-state index contributed by atoms with van der Waals surface area (Å²) >= 11 is 3.67. The summed E-state index contributed by atoms with van der Waals surface area (Å²) in [6.07, 6.45) is 1.18. The van der Waals surface area contributed by atoms with E-state index >= 15 is 0 Å². The summed E-state index contributed by atoms with van der Waals surface area (Å²) in [7, 11) is 0. The van der Waals surface area contributed by atoms with Gasteiger partial charge in [-0.1, -0.05) is 60.5 Å². The lowest BCUT2D eigenvalue weighted by atomic mass is 10.0. The molecule has 0 saturated heterocycles. The quantitative estimate of drug-likeness (QED) is 0.648. The summed E-state index contributed by atoms with van der Waals surface area (Å²) in [5.74, 6) is 1.11. The largest absolute Gasteiger partial charge is 0.391 e. The third-order valence-corrected chi connectivity index (χ3v) is 5.05. The van der Waals surface area contributed by atoms with Crippen molar-refractivity contribution in [3.63, 3.8) is 0 Å². The van der Waals surface area contributed by atoms with Gasteiger partial charge in [-0.05, 0) is 30.9 Å². The summed E-state index contributed by atoms with van der Waals surface area (Å²) in [6, 6.07) is 6.30. The molecule has 0 spiro atoms. The number of aryl methyl sites for hydroxylation is 1. The van der Waals surface area contributed by atoms with Crippen molar-refractivity contribution in [3.8, 4) is 11.3 Å². The Hall–Kier alpha value is -1.86. The van der Waals surface area contributed by atoms with Crippen LogP contribution in [-0.4, -0.2) is 36.2 Å². The van der Waals surface area contributed by atoms with E-state index in [1.165, 1.54) is 5.56 Å². The highest BCUT2D eigenvalue weighted by molar-refractivity contribution is 9.10. The van der Waals surface area contributed by atoms with Gasteiger partial charge in [0, 0.05) is 10.0 Å². The van der Waals surface area contributed by atoms with E-state index in [2.05, 4.69) is 68.3 Å². The van der Waals surface area contributed by atoms with Gasteiger partial charge in [-0.25, -0.2) is 14.6 Å². The van der Waals surface area contributed by atoms with Crippen LogP contribution in [0.25, 0.3) is 22.4 Å². The van der Waals surface area contributed by atoms with Gasteiger partial charge in [-0.15, -0.1) is 5.10 Å². The fraction of sp³-hybridized carbons (Fsp3) is 0.474. The number of aromatic nitrogens is 5. The summed E-state index contributed by atoms with van der Waals surface area (Å²) in [5, 5.41) is 18.6. The van der Waals surface area contributed by atoms with Crippen molar-refractivity contribution in [1.82, 2.24) is 25.0 Å². The number of halogens is 1. The predicted octanol–water partition coefficient (Wildman–Crippen LogP) is 4.24. The van der Waals surface area contributed by atoms with Crippen LogP contribution in [0.4, 0.5) is 0 Å². The van der Waals surface area contributed by atoms with Gasteiger partial charge in [-0.2, -0.15) is 0 Å².